The lowest BCUT2D eigenvalue weighted by molar-refractivity contribution is -0.146. The van der Waals surface area contributed by atoms with Crippen LogP contribution in [0.25, 0.3) is 6.08 Å². The minimum atomic E-state index is -0.614. The minimum Gasteiger partial charge on any atom is -0.504 e. The SMILES string of the molecule is CCCCOC(=O)CN1C(=O)S/C(=C\c2cc(OCC)c(O)cc2Br)C1=O. The molecule has 0 aliphatic carbocycles. The number of phenolic OH excluding ortho intramolecular Hbond substituents is 1. The number of imide groups is 1. The van der Waals surface area contributed by atoms with Gasteiger partial charge in [0.2, 0.25) is 0 Å². The van der Waals surface area contributed by atoms with Gasteiger partial charge in [-0.1, -0.05) is 29.3 Å². The molecule has 0 spiro atoms. The van der Waals surface area contributed by atoms with E-state index in [-0.39, 0.29) is 23.0 Å². The molecule has 0 saturated carbocycles. The molecule has 1 aliphatic rings. The molecular weight excluding hydrogens is 438 g/mol. The molecule has 0 bridgehead atoms. The van der Waals surface area contributed by atoms with Crippen molar-refractivity contribution in [3.05, 3.63) is 27.1 Å². The number of nitrogens with zero attached hydrogens (tertiary/aromatic N) is 1. The second-order valence-corrected chi connectivity index (χ2v) is 7.46. The van der Waals surface area contributed by atoms with E-state index >= 15 is 0 Å². The molecule has 1 saturated heterocycles. The van der Waals surface area contributed by atoms with Crippen molar-refractivity contribution in [1.82, 2.24) is 4.90 Å². The molecule has 1 fully saturated rings. The van der Waals surface area contributed by atoms with E-state index in [0.29, 0.717) is 16.6 Å². The average molecular weight is 458 g/mol. The summed E-state index contributed by atoms with van der Waals surface area (Å²) in [6.07, 6.45) is 3.12. The number of hydrogen-bond donors (Lipinski definition) is 1. The predicted molar refractivity (Wildman–Crippen MR) is 106 cm³/mol. The summed E-state index contributed by atoms with van der Waals surface area (Å²) in [4.78, 5) is 37.4. The number of ether oxygens (including phenoxy) is 2. The summed E-state index contributed by atoms with van der Waals surface area (Å²) in [6, 6.07) is 3.02. The zero-order valence-corrected chi connectivity index (χ0v) is 17.4. The lowest BCUT2D eigenvalue weighted by atomic mass is 10.2. The number of carbonyl (C=O) groups is 3. The molecule has 0 radical (unpaired) electrons. The lowest BCUT2D eigenvalue weighted by Crippen LogP contribution is -2.34. The molecule has 0 aromatic heterocycles. The van der Waals surface area contributed by atoms with Crippen LogP contribution in [0.1, 0.15) is 32.3 Å². The summed E-state index contributed by atoms with van der Waals surface area (Å²) in [5.74, 6) is -0.943. The van der Waals surface area contributed by atoms with Gasteiger partial charge in [-0.05, 0) is 48.9 Å². The van der Waals surface area contributed by atoms with Crippen molar-refractivity contribution in [2.75, 3.05) is 19.8 Å². The Morgan fingerprint density at radius 3 is 2.74 bits per heavy atom. The maximum absolute atomic E-state index is 12.5. The Bertz CT molecular complexity index is 779. The fourth-order valence-corrected chi connectivity index (χ4v) is 3.50. The van der Waals surface area contributed by atoms with E-state index in [4.69, 9.17) is 9.47 Å². The van der Waals surface area contributed by atoms with Gasteiger partial charge in [0.1, 0.15) is 6.54 Å². The first kappa shape index (κ1) is 21.3. The van der Waals surface area contributed by atoms with Gasteiger partial charge < -0.3 is 14.6 Å². The number of phenols is 1. The second-order valence-electron chi connectivity index (χ2n) is 5.62. The van der Waals surface area contributed by atoms with E-state index in [9.17, 15) is 19.5 Å². The molecule has 1 N–H and O–H groups in total. The van der Waals surface area contributed by atoms with Crippen molar-refractivity contribution in [3.8, 4) is 11.5 Å². The van der Waals surface area contributed by atoms with Crippen LogP contribution in [0, 0.1) is 0 Å². The van der Waals surface area contributed by atoms with Crippen LogP contribution < -0.4 is 4.74 Å². The molecule has 0 unspecified atom stereocenters. The van der Waals surface area contributed by atoms with Gasteiger partial charge in [-0.25, -0.2) is 0 Å². The Hall–Kier alpha value is -2.00. The van der Waals surface area contributed by atoms with Gasteiger partial charge in [0.25, 0.3) is 11.1 Å². The molecule has 1 heterocycles. The van der Waals surface area contributed by atoms with Crippen LogP contribution in [0.4, 0.5) is 4.79 Å². The van der Waals surface area contributed by atoms with E-state index < -0.39 is 23.7 Å². The number of esters is 1. The number of hydrogen-bond acceptors (Lipinski definition) is 7. The van der Waals surface area contributed by atoms with Gasteiger partial charge in [0, 0.05) is 4.47 Å². The zero-order valence-electron chi connectivity index (χ0n) is 15.0. The molecule has 1 aromatic rings. The highest BCUT2D eigenvalue weighted by molar-refractivity contribution is 9.10. The summed E-state index contributed by atoms with van der Waals surface area (Å²) >= 11 is 4.06. The summed E-state index contributed by atoms with van der Waals surface area (Å²) in [5.41, 5.74) is 0.562. The zero-order chi connectivity index (χ0) is 20.0. The first-order valence-corrected chi connectivity index (χ1v) is 10.0. The number of amides is 2. The highest BCUT2D eigenvalue weighted by Gasteiger charge is 2.36. The van der Waals surface area contributed by atoms with E-state index in [2.05, 4.69) is 15.9 Å². The number of thioether (sulfide) groups is 1. The van der Waals surface area contributed by atoms with E-state index in [1.54, 1.807) is 13.0 Å². The Morgan fingerprint density at radius 1 is 1.33 bits per heavy atom. The molecule has 27 heavy (non-hydrogen) atoms. The van der Waals surface area contributed by atoms with Crippen LogP contribution in [0.15, 0.2) is 21.5 Å². The maximum atomic E-state index is 12.5. The topological polar surface area (TPSA) is 93.1 Å². The molecule has 1 aliphatic heterocycles. The van der Waals surface area contributed by atoms with Gasteiger partial charge in [0.05, 0.1) is 18.1 Å². The van der Waals surface area contributed by atoms with Crippen LogP contribution >= 0.6 is 27.7 Å². The molecule has 1 aromatic carbocycles. The van der Waals surface area contributed by atoms with Crippen molar-refractivity contribution >= 4 is 50.9 Å². The smallest absolute Gasteiger partial charge is 0.326 e. The monoisotopic (exact) mass is 457 g/mol. The number of benzene rings is 1. The average Bonchev–Trinajstić information content (AvgIpc) is 2.87. The third kappa shape index (κ3) is 5.49. The van der Waals surface area contributed by atoms with E-state index in [1.165, 1.54) is 12.1 Å². The van der Waals surface area contributed by atoms with E-state index in [0.717, 1.165) is 29.5 Å². The molecule has 9 heteroatoms. The Balaban J connectivity index is 2.16. The van der Waals surface area contributed by atoms with E-state index in [1.807, 2.05) is 6.92 Å². The number of carbonyl (C=O) groups excluding carboxylic acids is 3. The molecule has 2 amide bonds. The fourth-order valence-electron chi connectivity index (χ4n) is 2.22. The highest BCUT2D eigenvalue weighted by Crippen LogP contribution is 2.37. The minimum absolute atomic E-state index is 0.0381. The predicted octanol–water partition coefficient (Wildman–Crippen LogP) is 3.93. The Kier molecular flexibility index (Phi) is 7.73. The number of halogens is 1. The van der Waals surface area contributed by atoms with Crippen molar-refractivity contribution < 1.29 is 29.0 Å². The number of rotatable bonds is 8. The molecule has 2 rings (SSSR count). The summed E-state index contributed by atoms with van der Waals surface area (Å²) in [6.45, 7) is 3.97. The van der Waals surface area contributed by atoms with Crippen LogP contribution in [-0.2, 0) is 14.3 Å². The van der Waals surface area contributed by atoms with Gasteiger partial charge in [-0.15, -0.1) is 0 Å². The lowest BCUT2D eigenvalue weighted by Gasteiger charge is -2.11. The standard InChI is InChI=1S/C18H20BrNO6S/c1-3-5-6-26-16(22)10-20-17(23)15(27-18(20)24)8-11-7-14(25-4-2)13(21)9-12(11)19/h7-9,21H,3-6,10H2,1-2H3/b15-8-. The maximum Gasteiger partial charge on any atom is 0.326 e. The molecule has 0 atom stereocenters. The Labute approximate surface area is 169 Å². The first-order chi connectivity index (χ1) is 12.9. The van der Waals surface area contributed by atoms with Gasteiger partial charge in [0.15, 0.2) is 11.5 Å². The van der Waals surface area contributed by atoms with Crippen molar-refractivity contribution in [1.29, 1.82) is 0 Å². The largest absolute Gasteiger partial charge is 0.504 e. The third-order valence-electron chi connectivity index (χ3n) is 3.59. The summed E-state index contributed by atoms with van der Waals surface area (Å²) in [5, 5.41) is 9.34. The fraction of sp³-hybridized carbons (Fsp3) is 0.389. The highest BCUT2D eigenvalue weighted by atomic mass is 79.9. The normalized spacial score (nSPS) is 15.5. The van der Waals surface area contributed by atoms with Gasteiger partial charge >= 0.3 is 5.97 Å². The van der Waals surface area contributed by atoms with Gasteiger partial charge in [-0.2, -0.15) is 0 Å². The number of aromatic hydroxyl groups is 1. The van der Waals surface area contributed by atoms with Crippen LogP contribution in [0.2, 0.25) is 0 Å². The summed E-state index contributed by atoms with van der Waals surface area (Å²) in [7, 11) is 0. The van der Waals surface area contributed by atoms with Crippen LogP contribution in [0.5, 0.6) is 11.5 Å². The van der Waals surface area contributed by atoms with Crippen LogP contribution in [0.3, 0.4) is 0 Å². The third-order valence-corrected chi connectivity index (χ3v) is 5.18. The first-order valence-electron chi connectivity index (χ1n) is 8.43. The van der Waals surface area contributed by atoms with Gasteiger partial charge in [-0.3, -0.25) is 19.3 Å². The molecule has 146 valence electrons. The van der Waals surface area contributed by atoms with Crippen molar-refractivity contribution in [2.45, 2.75) is 26.7 Å². The quantitative estimate of drug-likeness (QED) is 0.359. The van der Waals surface area contributed by atoms with Crippen molar-refractivity contribution in [2.24, 2.45) is 0 Å². The molecular formula is C18H20BrNO6S. The molecule has 7 nitrogen and oxygen atoms in total. The van der Waals surface area contributed by atoms with Crippen LogP contribution in [-0.4, -0.2) is 46.9 Å². The number of unbranched alkanes of at least 4 members (excludes halogenated alkanes) is 1. The Morgan fingerprint density at radius 2 is 2.07 bits per heavy atom. The second kappa shape index (κ2) is 9.80. The van der Waals surface area contributed by atoms with Crippen molar-refractivity contribution in [3.63, 3.8) is 0 Å². The summed E-state index contributed by atoms with van der Waals surface area (Å²) < 4.78 is 10.9.